The Balaban J connectivity index is 0.00000156. The zero-order chi connectivity index (χ0) is 26.7. The maximum Gasteiger partial charge on any atom is 0.264 e. The first-order chi connectivity index (χ1) is 17.7. The molecule has 2 N–H and O–H groups in total. The number of Topliss-reactive ketones (excluding diaryl/α,β-unsaturated/α-hetero) is 1. The van der Waals surface area contributed by atoms with Crippen molar-refractivity contribution in [1.29, 1.82) is 0 Å². The largest absolute Gasteiger partial charge is 0.508 e. The number of aromatic amines is 1. The van der Waals surface area contributed by atoms with Crippen LogP contribution in [-0.4, -0.2) is 54.6 Å². The van der Waals surface area contributed by atoms with E-state index in [1.165, 1.54) is 11.1 Å². The van der Waals surface area contributed by atoms with Crippen LogP contribution in [0, 0.1) is 5.92 Å². The van der Waals surface area contributed by atoms with Crippen LogP contribution in [-0.2, 0) is 20.8 Å². The molecule has 0 radical (unpaired) electrons. The van der Waals surface area contributed by atoms with Gasteiger partial charge in [-0.2, -0.15) is 8.42 Å². The van der Waals surface area contributed by atoms with Gasteiger partial charge < -0.3 is 10.1 Å². The number of fused-ring (bicyclic) bond motifs is 4. The summed E-state index contributed by atoms with van der Waals surface area (Å²) in [6.07, 6.45) is 5.11. The number of nitrogens with zero attached hydrogens (tertiary/aromatic N) is 1. The van der Waals surface area contributed by atoms with Gasteiger partial charge in [0.15, 0.2) is 5.78 Å². The molecular formula is C29H36N2O5S. The van der Waals surface area contributed by atoms with Gasteiger partial charge in [-0.25, -0.2) is 0 Å². The zero-order valence-corrected chi connectivity index (χ0v) is 22.7. The van der Waals surface area contributed by atoms with Crippen LogP contribution in [0.15, 0.2) is 60.2 Å². The van der Waals surface area contributed by atoms with Crippen LogP contribution < -0.4 is 0 Å². The van der Waals surface area contributed by atoms with Gasteiger partial charge in [-0.1, -0.05) is 55.8 Å². The van der Waals surface area contributed by atoms with Gasteiger partial charge in [-0.15, -0.1) is 0 Å². The Labute approximate surface area is 219 Å². The lowest BCUT2D eigenvalue weighted by molar-refractivity contribution is 0.0617. The molecular weight excluding hydrogens is 488 g/mol. The van der Waals surface area contributed by atoms with E-state index in [1.807, 2.05) is 32.0 Å². The first-order valence-corrected chi connectivity index (χ1v) is 14.7. The number of rotatable bonds is 7. The molecule has 37 heavy (non-hydrogen) atoms. The van der Waals surface area contributed by atoms with E-state index in [0.717, 1.165) is 43.4 Å². The van der Waals surface area contributed by atoms with E-state index >= 15 is 0 Å². The Kier molecular flexibility index (Phi) is 8.21. The van der Waals surface area contributed by atoms with Crippen LogP contribution in [0.4, 0.5) is 0 Å². The van der Waals surface area contributed by atoms with E-state index in [0.29, 0.717) is 16.9 Å². The number of piperidine rings is 2. The molecule has 6 rings (SSSR count). The van der Waals surface area contributed by atoms with Gasteiger partial charge in [-0.3, -0.25) is 13.9 Å². The van der Waals surface area contributed by atoms with Crippen LogP contribution >= 0.6 is 0 Å². The molecule has 7 nitrogen and oxygen atoms in total. The third-order valence-corrected chi connectivity index (χ3v) is 7.77. The maximum atomic E-state index is 13.4. The number of aromatic nitrogens is 1. The van der Waals surface area contributed by atoms with Gasteiger partial charge in [0.25, 0.3) is 10.1 Å². The van der Waals surface area contributed by atoms with Crippen molar-refractivity contribution in [2.45, 2.75) is 52.1 Å². The highest BCUT2D eigenvalue weighted by Crippen LogP contribution is 2.49. The van der Waals surface area contributed by atoms with Gasteiger partial charge in [-0.05, 0) is 49.4 Å². The SMILES string of the molecule is C/C=C1\CC2CC(c3[nH]c4ccc(O)cc4c3C(=O)COS(C)(=O)=O)C1N(Cc1ccccc1)C2.CC. The molecule has 3 aliphatic rings. The Morgan fingerprint density at radius 1 is 1.19 bits per heavy atom. The molecule has 3 heterocycles. The van der Waals surface area contributed by atoms with Crippen LogP contribution in [0.2, 0.25) is 0 Å². The number of phenols is 1. The Morgan fingerprint density at radius 3 is 2.59 bits per heavy atom. The predicted octanol–water partition coefficient (Wildman–Crippen LogP) is 5.38. The second kappa shape index (κ2) is 11.2. The van der Waals surface area contributed by atoms with E-state index in [4.69, 9.17) is 4.18 Å². The van der Waals surface area contributed by atoms with Gasteiger partial charge in [0.2, 0.25) is 0 Å². The normalized spacial score (nSPS) is 22.7. The first-order valence-electron chi connectivity index (χ1n) is 12.9. The van der Waals surface area contributed by atoms with Crippen molar-refractivity contribution in [2.75, 3.05) is 19.4 Å². The van der Waals surface area contributed by atoms with Crippen LogP contribution in [0.1, 0.15) is 61.1 Å². The van der Waals surface area contributed by atoms with Gasteiger partial charge in [0.1, 0.15) is 12.4 Å². The molecule has 198 valence electrons. The maximum absolute atomic E-state index is 13.4. The molecule has 2 aliphatic heterocycles. The molecule has 8 heteroatoms. The number of carbonyl (C=O) groups is 1. The monoisotopic (exact) mass is 524 g/mol. The standard InChI is InChI=1S/C27H30N2O5S.C2H6/c1-3-19-11-18-12-22(27(19)29(15-18)14-17-7-5-4-6-8-17)26-25(24(31)16-34-35(2,32)33)21-13-20(30)9-10-23(21)28-26;1-2/h3-10,13,18,22,27-28,30H,11-12,14-16H2,1-2H3;1-2H3/b19-3+;. The fraction of sp³-hybridized carbons (Fsp3) is 0.414. The highest BCUT2D eigenvalue weighted by Gasteiger charge is 2.45. The van der Waals surface area contributed by atoms with Crippen molar-refractivity contribution in [3.8, 4) is 5.75 Å². The summed E-state index contributed by atoms with van der Waals surface area (Å²) < 4.78 is 28.0. The molecule has 3 atom stereocenters. The number of carbonyl (C=O) groups excluding carboxylic acids is 1. The topological polar surface area (TPSA) is 99.7 Å². The number of hydrogen-bond acceptors (Lipinski definition) is 6. The number of aromatic hydroxyl groups is 1. The lowest BCUT2D eigenvalue weighted by Crippen LogP contribution is -2.53. The molecule has 3 unspecified atom stereocenters. The fourth-order valence-electron chi connectivity index (χ4n) is 5.91. The van der Waals surface area contributed by atoms with Crippen molar-refractivity contribution in [1.82, 2.24) is 9.88 Å². The van der Waals surface area contributed by atoms with Crippen molar-refractivity contribution in [3.63, 3.8) is 0 Å². The summed E-state index contributed by atoms with van der Waals surface area (Å²) in [5.41, 5.74) is 4.54. The number of H-pyrrole nitrogens is 1. The van der Waals surface area contributed by atoms with Crippen molar-refractivity contribution < 1.29 is 22.5 Å². The molecule has 1 aliphatic carbocycles. The Morgan fingerprint density at radius 2 is 1.92 bits per heavy atom. The van der Waals surface area contributed by atoms with E-state index in [-0.39, 0.29) is 17.7 Å². The summed E-state index contributed by atoms with van der Waals surface area (Å²) in [4.78, 5) is 19.3. The predicted molar refractivity (Wildman–Crippen MR) is 146 cm³/mol. The number of allylic oxidation sites excluding steroid dienone is 1. The lowest BCUT2D eigenvalue weighted by Gasteiger charge is -2.51. The second-order valence-electron chi connectivity index (χ2n) is 9.67. The molecule has 2 saturated heterocycles. The fourth-order valence-corrected chi connectivity index (χ4v) is 6.24. The quantitative estimate of drug-likeness (QED) is 0.244. The number of nitrogens with one attached hydrogen (secondary N) is 1. The number of ketones is 1. The van der Waals surface area contributed by atoms with Crippen molar-refractivity contribution >= 4 is 26.8 Å². The molecule has 0 spiro atoms. The Hall–Kier alpha value is -2.94. The van der Waals surface area contributed by atoms with E-state index in [9.17, 15) is 18.3 Å². The summed E-state index contributed by atoms with van der Waals surface area (Å²) in [6, 6.07) is 15.4. The molecule has 3 fully saturated rings. The molecule has 3 aromatic rings. The van der Waals surface area contributed by atoms with Crippen LogP contribution in [0.25, 0.3) is 10.9 Å². The van der Waals surface area contributed by atoms with Gasteiger partial charge in [0, 0.05) is 47.2 Å². The first kappa shape index (κ1) is 27.1. The van der Waals surface area contributed by atoms with Crippen molar-refractivity contribution in [2.24, 2.45) is 5.92 Å². The lowest BCUT2D eigenvalue weighted by atomic mass is 9.68. The van der Waals surface area contributed by atoms with Gasteiger partial charge >= 0.3 is 0 Å². The van der Waals surface area contributed by atoms with Gasteiger partial charge in [0.05, 0.1) is 6.26 Å². The van der Waals surface area contributed by atoms with E-state index in [2.05, 4.69) is 35.0 Å². The third kappa shape index (κ3) is 5.81. The average molecular weight is 525 g/mol. The highest BCUT2D eigenvalue weighted by atomic mass is 32.2. The summed E-state index contributed by atoms with van der Waals surface area (Å²) in [5.74, 6) is 0.116. The minimum Gasteiger partial charge on any atom is -0.508 e. The number of hydrogen-bond donors (Lipinski definition) is 2. The molecule has 2 bridgehead atoms. The van der Waals surface area contributed by atoms with E-state index in [1.54, 1.807) is 18.2 Å². The molecule has 1 aromatic heterocycles. The smallest absolute Gasteiger partial charge is 0.264 e. The Bertz CT molecular complexity index is 1390. The highest BCUT2D eigenvalue weighted by molar-refractivity contribution is 7.86. The number of benzene rings is 2. The number of phenolic OH excluding ortho intramolecular Hbond substituents is 1. The van der Waals surface area contributed by atoms with Crippen LogP contribution in [0.3, 0.4) is 0 Å². The molecule has 2 aromatic carbocycles. The van der Waals surface area contributed by atoms with Crippen molar-refractivity contribution in [3.05, 3.63) is 77.0 Å². The average Bonchev–Trinajstić information content (AvgIpc) is 3.27. The zero-order valence-electron chi connectivity index (χ0n) is 21.9. The molecule has 1 saturated carbocycles. The second-order valence-corrected chi connectivity index (χ2v) is 11.3. The summed E-state index contributed by atoms with van der Waals surface area (Å²) in [6.45, 7) is 7.31. The summed E-state index contributed by atoms with van der Waals surface area (Å²) in [7, 11) is -3.77. The minimum absolute atomic E-state index is 0.0316. The molecule has 0 amide bonds. The third-order valence-electron chi connectivity index (χ3n) is 7.22. The van der Waals surface area contributed by atoms with Crippen LogP contribution in [0.5, 0.6) is 5.75 Å². The summed E-state index contributed by atoms with van der Waals surface area (Å²) in [5, 5.41) is 10.7. The minimum atomic E-state index is -3.77. The summed E-state index contributed by atoms with van der Waals surface area (Å²) >= 11 is 0. The van der Waals surface area contributed by atoms with E-state index < -0.39 is 22.5 Å².